The van der Waals surface area contributed by atoms with Crippen LogP contribution in [0.2, 0.25) is 0 Å². The molecule has 3 rings (SSSR count). The maximum absolute atomic E-state index is 12.4. The van der Waals surface area contributed by atoms with Crippen molar-refractivity contribution in [3.05, 3.63) is 58.5 Å². The lowest BCUT2D eigenvalue weighted by atomic mass is 10.0. The molecule has 0 radical (unpaired) electrons. The average Bonchev–Trinajstić information content (AvgIpc) is 2.59. The number of halogens is 3. The highest BCUT2D eigenvalue weighted by Gasteiger charge is 2.26. The Balaban J connectivity index is 2.09. The smallest absolute Gasteiger partial charge is 0.361 e. The second-order valence-electron chi connectivity index (χ2n) is 5.65. The van der Waals surface area contributed by atoms with E-state index in [0.717, 1.165) is 12.0 Å². The van der Waals surface area contributed by atoms with Gasteiger partial charge in [-0.15, -0.1) is 0 Å². The van der Waals surface area contributed by atoms with Crippen LogP contribution in [0.1, 0.15) is 12.5 Å². The molecular weight excluding hydrogens is 331 g/mol. The third-order valence-corrected chi connectivity index (χ3v) is 3.87. The fourth-order valence-corrected chi connectivity index (χ4v) is 2.57. The Labute approximate surface area is 141 Å². The van der Waals surface area contributed by atoms with Crippen molar-refractivity contribution in [2.45, 2.75) is 19.5 Å². The zero-order valence-corrected chi connectivity index (χ0v) is 13.4. The van der Waals surface area contributed by atoms with E-state index in [1.807, 2.05) is 31.2 Å². The summed E-state index contributed by atoms with van der Waals surface area (Å²) < 4.78 is 37.2. The van der Waals surface area contributed by atoms with Crippen molar-refractivity contribution >= 4 is 16.7 Å². The molecular formula is C18H16F3N3O. The van der Waals surface area contributed by atoms with Gasteiger partial charge in [0, 0.05) is 11.6 Å². The molecule has 0 bridgehead atoms. The summed E-state index contributed by atoms with van der Waals surface area (Å²) in [6, 6.07) is 10.6. The normalized spacial score (nSPS) is 11.7. The number of rotatable bonds is 4. The van der Waals surface area contributed by atoms with Crippen LogP contribution < -0.4 is 10.9 Å². The molecule has 7 heteroatoms. The molecule has 1 aromatic carbocycles. The van der Waals surface area contributed by atoms with E-state index in [-0.39, 0.29) is 11.4 Å². The predicted octanol–water partition coefficient (Wildman–Crippen LogP) is 4.13. The van der Waals surface area contributed by atoms with Gasteiger partial charge in [-0.05, 0) is 29.7 Å². The van der Waals surface area contributed by atoms with Crippen molar-refractivity contribution in [3.63, 3.8) is 0 Å². The number of aryl methyl sites for hydroxylation is 1. The molecule has 2 N–H and O–H groups in total. The van der Waals surface area contributed by atoms with Crippen molar-refractivity contribution < 1.29 is 13.2 Å². The average molecular weight is 347 g/mol. The molecule has 4 nitrogen and oxygen atoms in total. The summed E-state index contributed by atoms with van der Waals surface area (Å²) in [6.07, 6.45) is -1.97. The summed E-state index contributed by atoms with van der Waals surface area (Å²) in [5.74, 6) is 0.0712. The first-order valence-electron chi connectivity index (χ1n) is 7.80. The Morgan fingerprint density at radius 2 is 1.84 bits per heavy atom. The Bertz CT molecular complexity index is 946. The van der Waals surface area contributed by atoms with Crippen molar-refractivity contribution in [1.82, 2.24) is 9.97 Å². The number of nitrogens with zero attached hydrogens (tertiary/aromatic N) is 1. The number of aromatic nitrogens is 2. The molecule has 25 heavy (non-hydrogen) atoms. The van der Waals surface area contributed by atoms with Gasteiger partial charge in [-0.3, -0.25) is 4.79 Å². The summed E-state index contributed by atoms with van der Waals surface area (Å²) in [5.41, 5.74) is 2.17. The van der Waals surface area contributed by atoms with Crippen molar-refractivity contribution in [2.24, 2.45) is 0 Å². The third kappa shape index (κ3) is 3.81. The minimum atomic E-state index is -4.34. The van der Waals surface area contributed by atoms with Crippen LogP contribution in [0.4, 0.5) is 19.0 Å². The van der Waals surface area contributed by atoms with Gasteiger partial charge in [-0.25, -0.2) is 4.98 Å². The number of anilines is 1. The molecule has 0 spiro atoms. The molecule has 0 saturated carbocycles. The van der Waals surface area contributed by atoms with Gasteiger partial charge in [-0.1, -0.05) is 31.2 Å². The lowest BCUT2D eigenvalue weighted by molar-refractivity contribution is -0.115. The predicted molar refractivity (Wildman–Crippen MR) is 91.7 cm³/mol. The zero-order valence-electron chi connectivity index (χ0n) is 13.4. The van der Waals surface area contributed by atoms with Gasteiger partial charge in [0.2, 0.25) is 0 Å². The molecule has 2 aromatic heterocycles. The number of fused-ring (bicyclic) bond motifs is 1. The minimum absolute atomic E-state index is 0.0712. The number of nitrogens with one attached hydrogen (secondary N) is 2. The Morgan fingerprint density at radius 3 is 2.48 bits per heavy atom. The molecule has 0 atom stereocenters. The molecule has 0 aliphatic rings. The van der Waals surface area contributed by atoms with Gasteiger partial charge in [0.05, 0.1) is 11.1 Å². The van der Waals surface area contributed by atoms with E-state index in [0.29, 0.717) is 22.0 Å². The second-order valence-corrected chi connectivity index (χ2v) is 5.65. The number of benzene rings is 1. The minimum Gasteiger partial charge on any atom is -0.361 e. The molecule has 0 aliphatic carbocycles. The van der Waals surface area contributed by atoms with Gasteiger partial charge >= 0.3 is 6.18 Å². The van der Waals surface area contributed by atoms with E-state index in [1.54, 1.807) is 6.07 Å². The van der Waals surface area contributed by atoms with E-state index in [9.17, 15) is 18.0 Å². The number of hydrogen-bond acceptors (Lipinski definition) is 3. The fraction of sp³-hybridized carbons (Fsp3) is 0.222. The quantitative estimate of drug-likeness (QED) is 0.746. The highest BCUT2D eigenvalue weighted by Crippen LogP contribution is 2.25. The highest BCUT2D eigenvalue weighted by atomic mass is 19.4. The van der Waals surface area contributed by atoms with Crippen LogP contribution in [0, 0.1) is 0 Å². The molecule has 2 heterocycles. The third-order valence-electron chi connectivity index (χ3n) is 3.87. The van der Waals surface area contributed by atoms with Crippen LogP contribution in [0.15, 0.2) is 47.4 Å². The van der Waals surface area contributed by atoms with E-state index in [2.05, 4.69) is 15.3 Å². The maximum Gasteiger partial charge on any atom is 0.405 e. The number of alkyl halides is 3. The first-order chi connectivity index (χ1) is 11.9. The van der Waals surface area contributed by atoms with Crippen molar-refractivity contribution in [3.8, 4) is 11.1 Å². The number of pyridine rings is 2. The molecule has 0 unspecified atom stereocenters. The van der Waals surface area contributed by atoms with Crippen molar-refractivity contribution in [2.75, 3.05) is 11.9 Å². The Kier molecular flexibility index (Phi) is 4.48. The van der Waals surface area contributed by atoms with E-state index >= 15 is 0 Å². The number of aromatic amines is 1. The lowest BCUT2D eigenvalue weighted by Gasteiger charge is -2.11. The monoisotopic (exact) mass is 347 g/mol. The van der Waals surface area contributed by atoms with Gasteiger partial charge < -0.3 is 10.3 Å². The molecule has 130 valence electrons. The zero-order chi connectivity index (χ0) is 18.0. The lowest BCUT2D eigenvalue weighted by Crippen LogP contribution is -2.21. The number of hydrogen-bond donors (Lipinski definition) is 2. The highest BCUT2D eigenvalue weighted by molar-refractivity contribution is 5.93. The van der Waals surface area contributed by atoms with Crippen LogP contribution in [-0.2, 0) is 6.42 Å². The van der Waals surface area contributed by atoms with Crippen molar-refractivity contribution in [1.29, 1.82) is 0 Å². The molecule has 0 saturated heterocycles. The Hall–Kier alpha value is -2.83. The SMILES string of the molecule is CCc1ccc(-c2c(=O)[nH]cc3ccc(NCC(F)(F)F)nc23)cc1. The van der Waals surface area contributed by atoms with E-state index < -0.39 is 12.7 Å². The van der Waals surface area contributed by atoms with Crippen LogP contribution in [0.3, 0.4) is 0 Å². The summed E-state index contributed by atoms with van der Waals surface area (Å²) in [4.78, 5) is 19.2. The van der Waals surface area contributed by atoms with E-state index in [4.69, 9.17) is 0 Å². The molecule has 0 amide bonds. The Morgan fingerprint density at radius 1 is 1.12 bits per heavy atom. The summed E-state index contributed by atoms with van der Waals surface area (Å²) in [7, 11) is 0. The molecule has 0 aliphatic heterocycles. The standard InChI is InChI=1S/C18H16F3N3O/c1-2-11-3-5-12(6-4-11)15-16-13(9-22-17(15)25)7-8-14(24-16)23-10-18(19,20)21/h3-9H,2,10H2,1H3,(H,22,25)(H,23,24). The maximum atomic E-state index is 12.4. The summed E-state index contributed by atoms with van der Waals surface area (Å²) in [5, 5.41) is 2.89. The van der Waals surface area contributed by atoms with Gasteiger partial charge in [0.1, 0.15) is 12.4 Å². The fourth-order valence-electron chi connectivity index (χ4n) is 2.57. The number of H-pyrrole nitrogens is 1. The van der Waals surface area contributed by atoms with Gasteiger partial charge in [0.25, 0.3) is 5.56 Å². The largest absolute Gasteiger partial charge is 0.405 e. The molecule has 3 aromatic rings. The van der Waals surface area contributed by atoms with Crippen LogP contribution >= 0.6 is 0 Å². The first kappa shape index (κ1) is 17.0. The van der Waals surface area contributed by atoms with E-state index in [1.165, 1.54) is 12.3 Å². The summed E-state index contributed by atoms with van der Waals surface area (Å²) >= 11 is 0. The van der Waals surface area contributed by atoms with Crippen LogP contribution in [-0.4, -0.2) is 22.7 Å². The van der Waals surface area contributed by atoms with Crippen LogP contribution in [0.5, 0.6) is 0 Å². The molecule has 0 fully saturated rings. The topological polar surface area (TPSA) is 57.8 Å². The van der Waals surface area contributed by atoms with Gasteiger partial charge in [-0.2, -0.15) is 13.2 Å². The van der Waals surface area contributed by atoms with Crippen LogP contribution in [0.25, 0.3) is 22.0 Å². The first-order valence-corrected chi connectivity index (χ1v) is 7.80. The van der Waals surface area contributed by atoms with Gasteiger partial charge in [0.15, 0.2) is 0 Å². The summed E-state index contributed by atoms with van der Waals surface area (Å²) in [6.45, 7) is 0.842. The second kappa shape index (κ2) is 6.58.